The highest BCUT2D eigenvalue weighted by Gasteiger charge is 2.20. The number of aromatic nitrogens is 2. The number of hydrogen-bond acceptors (Lipinski definition) is 2. The maximum Gasteiger partial charge on any atom is 0.259 e. The van der Waals surface area contributed by atoms with Crippen LogP contribution >= 0.6 is 0 Å². The lowest BCUT2D eigenvalue weighted by Gasteiger charge is -2.22. The Morgan fingerprint density at radius 2 is 2.12 bits per heavy atom. The number of hydrogen-bond donors (Lipinski definition) is 0. The molecule has 0 unspecified atom stereocenters. The van der Waals surface area contributed by atoms with E-state index in [1.54, 1.807) is 24.0 Å². The first-order chi connectivity index (χ1) is 7.95. The van der Waals surface area contributed by atoms with Gasteiger partial charge >= 0.3 is 0 Å². The van der Waals surface area contributed by atoms with Gasteiger partial charge in [0.1, 0.15) is 0 Å². The maximum absolute atomic E-state index is 11.9. The molecule has 0 atom stereocenters. The third-order valence-corrected chi connectivity index (χ3v) is 3.54. The van der Waals surface area contributed by atoms with Crippen LogP contribution in [0, 0.1) is 0 Å². The van der Waals surface area contributed by atoms with Crippen LogP contribution in [0.15, 0.2) is 29.3 Å². The average Bonchev–Trinajstić information content (AvgIpc) is 2.33. The van der Waals surface area contributed by atoms with Gasteiger partial charge in [-0.25, -0.2) is 0 Å². The van der Waals surface area contributed by atoms with Crippen molar-refractivity contribution in [2.24, 2.45) is 7.05 Å². The van der Waals surface area contributed by atoms with Crippen LogP contribution in [0.5, 0.6) is 0 Å². The van der Waals surface area contributed by atoms with E-state index in [9.17, 15) is 4.79 Å². The highest BCUT2D eigenvalue weighted by atomic mass is 16.1. The molecular weight excluding hydrogens is 212 g/mol. The topological polar surface area (TPSA) is 34.9 Å². The molecule has 3 heteroatoms. The van der Waals surface area contributed by atoms with Crippen molar-refractivity contribution in [2.45, 2.75) is 32.6 Å². The van der Waals surface area contributed by atoms with Crippen molar-refractivity contribution >= 4 is 10.8 Å². The largest absolute Gasteiger partial charge is 0.318 e. The highest BCUT2D eigenvalue weighted by Crippen LogP contribution is 2.26. The van der Waals surface area contributed by atoms with Gasteiger partial charge in [0, 0.05) is 30.6 Å². The van der Waals surface area contributed by atoms with E-state index in [4.69, 9.17) is 0 Å². The Bertz CT molecular complexity index is 611. The first-order valence-electron chi connectivity index (χ1n) is 5.91. The van der Waals surface area contributed by atoms with E-state index in [0.29, 0.717) is 5.39 Å². The van der Waals surface area contributed by atoms with Crippen LogP contribution in [0.1, 0.15) is 32.9 Å². The Kier molecular flexibility index (Phi) is 2.77. The van der Waals surface area contributed by atoms with E-state index in [-0.39, 0.29) is 11.0 Å². The second-order valence-corrected chi connectivity index (χ2v) is 5.13. The molecule has 0 radical (unpaired) electrons. The standard InChI is InChI=1S/C14H18N2O/c1-5-14(2,3)12-8-10-6-7-16(4)13(17)11(10)9-15-12/h6-9H,5H2,1-4H3. The van der Waals surface area contributed by atoms with Crippen LogP contribution in [0.2, 0.25) is 0 Å². The zero-order valence-corrected chi connectivity index (χ0v) is 10.8. The minimum absolute atomic E-state index is 0.0101. The maximum atomic E-state index is 11.9. The Morgan fingerprint density at radius 1 is 1.41 bits per heavy atom. The van der Waals surface area contributed by atoms with Gasteiger partial charge in [-0.2, -0.15) is 0 Å². The molecule has 0 aliphatic carbocycles. The molecule has 2 aromatic heterocycles. The number of fused-ring (bicyclic) bond motifs is 1. The van der Waals surface area contributed by atoms with Crippen LogP contribution < -0.4 is 5.56 Å². The van der Waals surface area contributed by atoms with Gasteiger partial charge in [0.25, 0.3) is 5.56 Å². The minimum Gasteiger partial charge on any atom is -0.318 e. The summed E-state index contributed by atoms with van der Waals surface area (Å²) in [6, 6.07) is 3.99. The molecule has 0 bridgehead atoms. The molecule has 0 aliphatic rings. The molecule has 0 saturated carbocycles. The molecule has 0 fully saturated rings. The second-order valence-electron chi connectivity index (χ2n) is 5.13. The van der Waals surface area contributed by atoms with Crippen molar-refractivity contribution in [1.82, 2.24) is 9.55 Å². The summed E-state index contributed by atoms with van der Waals surface area (Å²) in [6.45, 7) is 6.49. The van der Waals surface area contributed by atoms with Gasteiger partial charge in [0.2, 0.25) is 0 Å². The molecule has 2 rings (SSSR count). The lowest BCUT2D eigenvalue weighted by Crippen LogP contribution is -2.19. The van der Waals surface area contributed by atoms with Crippen LogP contribution in [0.4, 0.5) is 0 Å². The molecule has 0 saturated heterocycles. The number of rotatable bonds is 2. The van der Waals surface area contributed by atoms with Gasteiger partial charge in [-0.1, -0.05) is 20.8 Å². The van der Waals surface area contributed by atoms with Crippen molar-refractivity contribution in [3.05, 3.63) is 40.6 Å². The highest BCUT2D eigenvalue weighted by molar-refractivity contribution is 5.80. The number of nitrogens with zero attached hydrogens (tertiary/aromatic N) is 2. The summed E-state index contributed by atoms with van der Waals surface area (Å²) in [5.41, 5.74) is 1.10. The fourth-order valence-corrected chi connectivity index (χ4v) is 1.79. The van der Waals surface area contributed by atoms with Crippen LogP contribution in [0.3, 0.4) is 0 Å². The van der Waals surface area contributed by atoms with Crippen LogP contribution in [-0.4, -0.2) is 9.55 Å². The summed E-state index contributed by atoms with van der Waals surface area (Å²) in [7, 11) is 1.76. The molecule has 2 heterocycles. The quantitative estimate of drug-likeness (QED) is 0.795. The smallest absolute Gasteiger partial charge is 0.259 e. The molecule has 0 N–H and O–H groups in total. The lowest BCUT2D eigenvalue weighted by molar-refractivity contribution is 0.491. The zero-order chi connectivity index (χ0) is 12.6. The van der Waals surface area contributed by atoms with Crippen LogP contribution in [-0.2, 0) is 12.5 Å². The molecule has 17 heavy (non-hydrogen) atoms. The molecular formula is C14H18N2O. The average molecular weight is 230 g/mol. The van der Waals surface area contributed by atoms with Gasteiger partial charge in [-0.05, 0) is 23.9 Å². The number of pyridine rings is 2. The molecule has 0 aromatic carbocycles. The third-order valence-electron chi connectivity index (χ3n) is 3.54. The van der Waals surface area contributed by atoms with Crippen molar-refractivity contribution in [2.75, 3.05) is 0 Å². The summed E-state index contributed by atoms with van der Waals surface area (Å²) in [6.07, 6.45) is 4.52. The third kappa shape index (κ3) is 1.97. The van der Waals surface area contributed by atoms with Crippen LogP contribution in [0.25, 0.3) is 10.8 Å². The van der Waals surface area contributed by atoms with Gasteiger partial charge in [-0.15, -0.1) is 0 Å². The summed E-state index contributed by atoms with van der Waals surface area (Å²) in [5, 5.41) is 1.66. The van der Waals surface area contributed by atoms with E-state index in [0.717, 1.165) is 17.5 Å². The normalized spacial score (nSPS) is 12.0. The summed E-state index contributed by atoms with van der Waals surface area (Å²) < 4.78 is 1.58. The Morgan fingerprint density at radius 3 is 2.76 bits per heavy atom. The van der Waals surface area contributed by atoms with Crippen molar-refractivity contribution in [3.63, 3.8) is 0 Å². The first kappa shape index (κ1) is 11.8. The summed E-state index contributed by atoms with van der Waals surface area (Å²) in [5.74, 6) is 0. The Hall–Kier alpha value is -1.64. The van der Waals surface area contributed by atoms with E-state index < -0.39 is 0 Å². The van der Waals surface area contributed by atoms with Crippen molar-refractivity contribution in [1.29, 1.82) is 0 Å². The van der Waals surface area contributed by atoms with Gasteiger partial charge in [-0.3, -0.25) is 9.78 Å². The second kappa shape index (κ2) is 3.99. The summed E-state index contributed by atoms with van der Waals surface area (Å²) >= 11 is 0. The fraction of sp³-hybridized carbons (Fsp3) is 0.429. The van der Waals surface area contributed by atoms with Crippen molar-refractivity contribution in [3.8, 4) is 0 Å². The van der Waals surface area contributed by atoms with E-state index in [2.05, 4.69) is 25.8 Å². The van der Waals surface area contributed by atoms with E-state index in [1.807, 2.05) is 12.1 Å². The van der Waals surface area contributed by atoms with Gasteiger partial charge in [0.15, 0.2) is 0 Å². The number of aryl methyl sites for hydroxylation is 1. The predicted octanol–water partition coefficient (Wildman–Crippen LogP) is 2.62. The van der Waals surface area contributed by atoms with Crippen molar-refractivity contribution < 1.29 is 0 Å². The van der Waals surface area contributed by atoms with Gasteiger partial charge < -0.3 is 4.57 Å². The molecule has 0 amide bonds. The minimum atomic E-state index is 0.0101. The SMILES string of the molecule is CCC(C)(C)c1cc2ccn(C)c(=O)c2cn1. The molecule has 90 valence electrons. The zero-order valence-electron chi connectivity index (χ0n) is 10.8. The predicted molar refractivity (Wildman–Crippen MR) is 70.3 cm³/mol. The van der Waals surface area contributed by atoms with E-state index in [1.165, 1.54) is 0 Å². The monoisotopic (exact) mass is 230 g/mol. The first-order valence-corrected chi connectivity index (χ1v) is 5.91. The summed E-state index contributed by atoms with van der Waals surface area (Å²) in [4.78, 5) is 16.3. The van der Waals surface area contributed by atoms with Gasteiger partial charge in [0.05, 0.1) is 5.39 Å². The molecule has 2 aromatic rings. The van der Waals surface area contributed by atoms with E-state index >= 15 is 0 Å². The Labute approximate surface area is 101 Å². The molecule has 0 spiro atoms. The Balaban J connectivity index is 2.68. The lowest BCUT2D eigenvalue weighted by atomic mass is 9.85. The molecule has 0 aliphatic heterocycles. The fourth-order valence-electron chi connectivity index (χ4n) is 1.79. The molecule has 3 nitrogen and oxygen atoms in total.